The van der Waals surface area contributed by atoms with Crippen LogP contribution in [0.4, 0.5) is 0 Å². The van der Waals surface area contributed by atoms with Gasteiger partial charge in [0.2, 0.25) is 0 Å². The Morgan fingerprint density at radius 1 is 1.00 bits per heavy atom. The van der Waals surface area contributed by atoms with Crippen molar-refractivity contribution in [3.63, 3.8) is 0 Å². The molecule has 0 fully saturated rings. The molecule has 0 aliphatic heterocycles. The van der Waals surface area contributed by atoms with E-state index in [-0.39, 0.29) is 5.96 Å². The number of hydrogen-bond donors (Lipinski definition) is 3. The molecule has 72 valence electrons. The van der Waals surface area contributed by atoms with Crippen molar-refractivity contribution < 1.29 is 0 Å². The molecule has 5 heteroatoms. The predicted octanol–water partition coefficient (Wildman–Crippen LogP) is 0.468. The van der Waals surface area contributed by atoms with Crippen molar-refractivity contribution in [3.8, 4) is 0 Å². The third-order valence-corrected chi connectivity index (χ3v) is 1.38. The highest BCUT2D eigenvalue weighted by Gasteiger charge is 1.88. The van der Waals surface area contributed by atoms with Crippen molar-refractivity contribution in [2.24, 2.45) is 11.5 Å². The molecule has 0 bridgehead atoms. The Bertz CT molecular complexity index is 357. The second kappa shape index (κ2) is 4.76. The zero-order valence-electron chi connectivity index (χ0n) is 7.51. The second-order valence-corrected chi connectivity index (χ2v) is 2.50. The lowest BCUT2D eigenvalue weighted by Gasteiger charge is -1.90. The molecule has 0 spiro atoms. The number of rotatable bonds is 0. The van der Waals surface area contributed by atoms with E-state index < -0.39 is 0 Å². The average molecular weight is 189 g/mol. The number of nitrogens with zero attached hydrogens (tertiary/aromatic N) is 2. The number of nitrogens with one attached hydrogen (secondary N) is 1. The number of benzene rings is 1. The van der Waals surface area contributed by atoms with Gasteiger partial charge >= 0.3 is 0 Å². The molecule has 0 unspecified atom stereocenters. The minimum absolute atomic E-state index is 0.333. The summed E-state index contributed by atoms with van der Waals surface area (Å²) in [4.78, 5) is 8.24. The lowest BCUT2D eigenvalue weighted by Crippen LogP contribution is -2.20. The molecule has 2 rings (SSSR count). The SMILES string of the molecule is N=C(N)N.c1ccc2nccnc2c1. The van der Waals surface area contributed by atoms with E-state index in [0.717, 1.165) is 11.0 Å². The molecule has 5 N–H and O–H groups in total. The summed E-state index contributed by atoms with van der Waals surface area (Å²) in [7, 11) is 0. The van der Waals surface area contributed by atoms with Crippen LogP contribution >= 0.6 is 0 Å². The van der Waals surface area contributed by atoms with Crippen LogP contribution in [0.25, 0.3) is 11.0 Å². The predicted molar refractivity (Wildman–Crippen MR) is 55.6 cm³/mol. The number of aromatic nitrogens is 2. The molecule has 0 radical (unpaired) electrons. The summed E-state index contributed by atoms with van der Waals surface area (Å²) in [5, 5.41) is 6.06. The Balaban J connectivity index is 0.000000213. The summed E-state index contributed by atoms with van der Waals surface area (Å²) in [6.45, 7) is 0. The highest BCUT2D eigenvalue weighted by molar-refractivity contribution is 5.73. The van der Waals surface area contributed by atoms with Crippen molar-refractivity contribution >= 4 is 17.0 Å². The minimum Gasteiger partial charge on any atom is -0.370 e. The van der Waals surface area contributed by atoms with Crippen molar-refractivity contribution in [2.45, 2.75) is 0 Å². The van der Waals surface area contributed by atoms with E-state index in [2.05, 4.69) is 21.4 Å². The molecular weight excluding hydrogens is 178 g/mol. The zero-order chi connectivity index (χ0) is 10.4. The van der Waals surface area contributed by atoms with Crippen molar-refractivity contribution in [2.75, 3.05) is 0 Å². The van der Waals surface area contributed by atoms with Gasteiger partial charge in [-0.15, -0.1) is 0 Å². The fraction of sp³-hybridized carbons (Fsp3) is 0. The van der Waals surface area contributed by atoms with Crippen LogP contribution in [0.5, 0.6) is 0 Å². The maximum atomic E-state index is 6.06. The van der Waals surface area contributed by atoms with Crippen molar-refractivity contribution in [1.29, 1.82) is 5.41 Å². The van der Waals surface area contributed by atoms with Crippen LogP contribution in [0.3, 0.4) is 0 Å². The summed E-state index contributed by atoms with van der Waals surface area (Å²) < 4.78 is 0. The molecule has 0 saturated heterocycles. The first-order valence-electron chi connectivity index (χ1n) is 3.95. The third-order valence-electron chi connectivity index (χ3n) is 1.38. The third kappa shape index (κ3) is 3.06. The van der Waals surface area contributed by atoms with Gasteiger partial charge in [0.25, 0.3) is 0 Å². The summed E-state index contributed by atoms with van der Waals surface area (Å²) in [5.74, 6) is -0.333. The monoisotopic (exact) mass is 189 g/mol. The molecule has 1 aromatic heterocycles. The number of hydrogen-bond acceptors (Lipinski definition) is 3. The Hall–Kier alpha value is -2.17. The van der Waals surface area contributed by atoms with E-state index in [1.54, 1.807) is 12.4 Å². The van der Waals surface area contributed by atoms with Crippen LogP contribution in [0.15, 0.2) is 36.7 Å². The number of nitrogens with two attached hydrogens (primary N) is 2. The molecule has 0 aliphatic carbocycles. The highest BCUT2D eigenvalue weighted by atomic mass is 14.9. The summed E-state index contributed by atoms with van der Waals surface area (Å²) in [6.07, 6.45) is 3.39. The van der Waals surface area contributed by atoms with Gasteiger partial charge in [0.15, 0.2) is 5.96 Å². The first kappa shape index (κ1) is 9.91. The smallest absolute Gasteiger partial charge is 0.183 e. The van der Waals surface area contributed by atoms with Gasteiger partial charge in [0.05, 0.1) is 11.0 Å². The lowest BCUT2D eigenvalue weighted by atomic mass is 10.3. The Kier molecular flexibility index (Phi) is 3.37. The molecule has 5 nitrogen and oxygen atoms in total. The Morgan fingerprint density at radius 2 is 1.36 bits per heavy atom. The van der Waals surface area contributed by atoms with Gasteiger partial charge in [0.1, 0.15) is 0 Å². The van der Waals surface area contributed by atoms with E-state index in [1.165, 1.54) is 0 Å². The quantitative estimate of drug-likeness (QED) is 0.414. The Morgan fingerprint density at radius 3 is 1.71 bits per heavy atom. The van der Waals surface area contributed by atoms with Crippen molar-refractivity contribution in [1.82, 2.24) is 9.97 Å². The van der Waals surface area contributed by atoms with E-state index in [4.69, 9.17) is 5.41 Å². The first-order valence-corrected chi connectivity index (χ1v) is 3.95. The van der Waals surface area contributed by atoms with Gasteiger partial charge in [-0.1, -0.05) is 12.1 Å². The normalized spacial score (nSPS) is 8.86. The van der Waals surface area contributed by atoms with Crippen LogP contribution in [0.1, 0.15) is 0 Å². The second-order valence-electron chi connectivity index (χ2n) is 2.50. The molecular formula is C9H11N5. The highest BCUT2D eigenvalue weighted by Crippen LogP contribution is 2.04. The fourth-order valence-corrected chi connectivity index (χ4v) is 0.910. The van der Waals surface area contributed by atoms with Crippen LogP contribution in [-0.2, 0) is 0 Å². The van der Waals surface area contributed by atoms with Gasteiger partial charge in [0, 0.05) is 12.4 Å². The topological polar surface area (TPSA) is 102 Å². The zero-order valence-corrected chi connectivity index (χ0v) is 7.51. The van der Waals surface area contributed by atoms with Crippen LogP contribution in [0.2, 0.25) is 0 Å². The van der Waals surface area contributed by atoms with Gasteiger partial charge in [-0.2, -0.15) is 0 Å². The summed E-state index contributed by atoms with van der Waals surface area (Å²) >= 11 is 0. The Labute approximate surface area is 81.3 Å². The molecule has 0 aliphatic rings. The van der Waals surface area contributed by atoms with Crippen LogP contribution < -0.4 is 11.5 Å². The summed E-state index contributed by atoms with van der Waals surface area (Å²) in [5.41, 5.74) is 10.8. The van der Waals surface area contributed by atoms with Gasteiger partial charge < -0.3 is 11.5 Å². The van der Waals surface area contributed by atoms with Crippen molar-refractivity contribution in [3.05, 3.63) is 36.7 Å². The number of guanidine groups is 1. The van der Waals surface area contributed by atoms with Gasteiger partial charge in [-0.25, -0.2) is 0 Å². The molecule has 2 aromatic rings. The maximum absolute atomic E-state index is 6.06. The van der Waals surface area contributed by atoms with E-state index >= 15 is 0 Å². The maximum Gasteiger partial charge on any atom is 0.183 e. The number of fused-ring (bicyclic) bond motifs is 1. The standard InChI is InChI=1S/C8H6N2.CH5N3/c1-2-4-8-7(3-1)9-5-6-10-8;2-1(3)4/h1-6H;(H5,2,3,4). The molecule has 1 aromatic carbocycles. The largest absolute Gasteiger partial charge is 0.370 e. The van der Waals surface area contributed by atoms with Crippen LogP contribution in [0, 0.1) is 5.41 Å². The average Bonchev–Trinajstić information content (AvgIpc) is 2.17. The molecule has 14 heavy (non-hydrogen) atoms. The molecule has 0 amide bonds. The molecule has 0 saturated carbocycles. The van der Waals surface area contributed by atoms with Crippen LogP contribution in [-0.4, -0.2) is 15.9 Å². The van der Waals surface area contributed by atoms with Gasteiger partial charge in [-0.05, 0) is 12.1 Å². The lowest BCUT2D eigenvalue weighted by molar-refractivity contribution is 1.29. The fourth-order valence-electron chi connectivity index (χ4n) is 0.910. The van der Waals surface area contributed by atoms with E-state index in [9.17, 15) is 0 Å². The number of para-hydroxylation sites is 2. The van der Waals surface area contributed by atoms with E-state index in [1.807, 2.05) is 24.3 Å². The summed E-state index contributed by atoms with van der Waals surface area (Å²) in [6, 6.07) is 7.80. The molecule has 0 atom stereocenters. The van der Waals surface area contributed by atoms with Gasteiger partial charge in [-0.3, -0.25) is 15.4 Å². The first-order chi connectivity index (χ1) is 6.70. The minimum atomic E-state index is -0.333. The molecule has 1 heterocycles. The van der Waals surface area contributed by atoms with E-state index in [0.29, 0.717) is 0 Å².